The van der Waals surface area contributed by atoms with E-state index in [1.54, 1.807) is 12.3 Å². The second-order valence-corrected chi connectivity index (χ2v) is 4.22. The van der Waals surface area contributed by atoms with E-state index >= 15 is 0 Å². The van der Waals surface area contributed by atoms with Gasteiger partial charge in [-0.15, -0.1) is 0 Å². The van der Waals surface area contributed by atoms with E-state index in [0.29, 0.717) is 5.75 Å². The predicted molar refractivity (Wildman–Crippen MR) is 72.9 cm³/mol. The van der Waals surface area contributed by atoms with Crippen LogP contribution in [0.4, 0.5) is 4.39 Å². The molecule has 96 valence electrons. The number of benzene rings is 2. The van der Waals surface area contributed by atoms with Gasteiger partial charge in [0.25, 0.3) is 0 Å². The summed E-state index contributed by atoms with van der Waals surface area (Å²) in [5.41, 5.74) is 1.01. The monoisotopic (exact) mass is 264 g/mol. The Balaban J connectivity index is 2.06. The molecule has 0 saturated carbocycles. The molecule has 0 aliphatic rings. The van der Waals surface area contributed by atoms with Crippen molar-refractivity contribution in [1.29, 1.82) is 5.26 Å². The highest BCUT2D eigenvalue weighted by molar-refractivity contribution is 5.85. The van der Waals surface area contributed by atoms with Crippen molar-refractivity contribution in [2.75, 3.05) is 0 Å². The third-order valence-electron chi connectivity index (χ3n) is 2.83. The Kier molecular flexibility index (Phi) is 3.02. The largest absolute Gasteiger partial charge is 0.457 e. The van der Waals surface area contributed by atoms with Crippen LogP contribution in [0.5, 0.6) is 11.5 Å². The molecule has 3 aromatic rings. The van der Waals surface area contributed by atoms with Gasteiger partial charge in [0.15, 0.2) is 0 Å². The molecule has 0 aliphatic heterocycles. The van der Waals surface area contributed by atoms with Gasteiger partial charge in [0.1, 0.15) is 17.3 Å². The number of fused-ring (bicyclic) bond motifs is 1. The van der Waals surface area contributed by atoms with E-state index in [2.05, 4.69) is 4.98 Å². The SMILES string of the molecule is N#Cc1cc(F)cc(Oc2cccc3ncccc23)c1. The molecule has 0 spiro atoms. The molecule has 0 radical (unpaired) electrons. The molecule has 0 atom stereocenters. The number of nitrogens with zero attached hydrogens (tertiary/aromatic N) is 2. The molecule has 0 aliphatic carbocycles. The molecule has 1 aromatic heterocycles. The van der Waals surface area contributed by atoms with Crippen molar-refractivity contribution in [3.05, 3.63) is 66.1 Å². The Hall–Kier alpha value is -2.93. The van der Waals surface area contributed by atoms with Crippen LogP contribution in [-0.2, 0) is 0 Å². The Bertz CT molecular complexity index is 819. The normalized spacial score (nSPS) is 10.2. The van der Waals surface area contributed by atoms with Crippen LogP contribution in [0, 0.1) is 17.1 Å². The number of ether oxygens (including phenoxy) is 1. The van der Waals surface area contributed by atoms with E-state index in [4.69, 9.17) is 10.00 Å². The smallest absolute Gasteiger partial charge is 0.136 e. The first kappa shape index (κ1) is 12.1. The van der Waals surface area contributed by atoms with Crippen molar-refractivity contribution < 1.29 is 9.13 Å². The van der Waals surface area contributed by atoms with Crippen LogP contribution in [0.15, 0.2) is 54.7 Å². The van der Waals surface area contributed by atoms with E-state index in [1.165, 1.54) is 12.1 Å². The average Bonchev–Trinajstić information content (AvgIpc) is 2.47. The fourth-order valence-corrected chi connectivity index (χ4v) is 1.98. The van der Waals surface area contributed by atoms with Gasteiger partial charge >= 0.3 is 0 Å². The minimum absolute atomic E-state index is 0.221. The number of pyridine rings is 1. The molecule has 0 N–H and O–H groups in total. The van der Waals surface area contributed by atoms with Crippen LogP contribution in [0.2, 0.25) is 0 Å². The van der Waals surface area contributed by atoms with Gasteiger partial charge in [-0.25, -0.2) is 4.39 Å². The summed E-state index contributed by atoms with van der Waals surface area (Å²) in [7, 11) is 0. The zero-order valence-electron chi connectivity index (χ0n) is 10.4. The summed E-state index contributed by atoms with van der Waals surface area (Å²) in [6, 6.07) is 15.0. The van der Waals surface area contributed by atoms with Crippen molar-refractivity contribution >= 4 is 10.9 Å². The van der Waals surface area contributed by atoms with Crippen LogP contribution in [0.25, 0.3) is 10.9 Å². The lowest BCUT2D eigenvalue weighted by Crippen LogP contribution is -1.89. The van der Waals surface area contributed by atoms with Crippen LogP contribution in [-0.4, -0.2) is 4.98 Å². The zero-order chi connectivity index (χ0) is 13.9. The molecule has 1 heterocycles. The maximum atomic E-state index is 13.4. The van der Waals surface area contributed by atoms with Crippen LogP contribution < -0.4 is 4.74 Å². The Morgan fingerprint density at radius 1 is 1.10 bits per heavy atom. The maximum absolute atomic E-state index is 13.4. The number of hydrogen-bond acceptors (Lipinski definition) is 3. The average molecular weight is 264 g/mol. The standard InChI is InChI=1S/C16H9FN2O/c17-12-7-11(10-18)8-13(9-12)20-16-5-1-4-15-14(16)3-2-6-19-15/h1-9H. The fraction of sp³-hybridized carbons (Fsp3) is 0. The van der Waals surface area contributed by atoms with Gasteiger partial charge in [0.05, 0.1) is 17.1 Å². The lowest BCUT2D eigenvalue weighted by atomic mass is 10.2. The van der Waals surface area contributed by atoms with Gasteiger partial charge in [-0.3, -0.25) is 4.98 Å². The van der Waals surface area contributed by atoms with Crippen molar-refractivity contribution in [3.8, 4) is 17.6 Å². The summed E-state index contributed by atoms with van der Waals surface area (Å²) in [4.78, 5) is 4.23. The molecule has 0 unspecified atom stereocenters. The maximum Gasteiger partial charge on any atom is 0.136 e. The lowest BCUT2D eigenvalue weighted by molar-refractivity contribution is 0.482. The predicted octanol–water partition coefficient (Wildman–Crippen LogP) is 4.04. The molecule has 2 aromatic carbocycles. The molecular formula is C16H9FN2O. The van der Waals surface area contributed by atoms with Gasteiger partial charge in [-0.2, -0.15) is 5.26 Å². The third-order valence-corrected chi connectivity index (χ3v) is 2.83. The fourth-order valence-electron chi connectivity index (χ4n) is 1.98. The van der Waals surface area contributed by atoms with E-state index in [0.717, 1.165) is 17.0 Å². The molecule has 4 heteroatoms. The minimum Gasteiger partial charge on any atom is -0.457 e. The summed E-state index contributed by atoms with van der Waals surface area (Å²) in [6.45, 7) is 0. The van der Waals surface area contributed by atoms with Crippen LogP contribution in [0.1, 0.15) is 5.56 Å². The van der Waals surface area contributed by atoms with E-state index in [-0.39, 0.29) is 11.3 Å². The summed E-state index contributed by atoms with van der Waals surface area (Å²) in [6.07, 6.45) is 1.70. The summed E-state index contributed by atoms with van der Waals surface area (Å²) in [5.74, 6) is 0.361. The molecule has 3 rings (SSSR count). The zero-order valence-corrected chi connectivity index (χ0v) is 10.4. The quantitative estimate of drug-likeness (QED) is 0.701. The number of aromatic nitrogens is 1. The lowest BCUT2D eigenvalue weighted by Gasteiger charge is -2.08. The first-order valence-corrected chi connectivity index (χ1v) is 5.98. The van der Waals surface area contributed by atoms with E-state index < -0.39 is 5.82 Å². The van der Waals surface area contributed by atoms with Gasteiger partial charge in [0, 0.05) is 17.6 Å². The van der Waals surface area contributed by atoms with Crippen LogP contribution in [0.3, 0.4) is 0 Å². The second-order valence-electron chi connectivity index (χ2n) is 4.22. The van der Waals surface area contributed by atoms with Crippen LogP contribution >= 0.6 is 0 Å². The number of rotatable bonds is 2. The number of hydrogen-bond donors (Lipinski definition) is 0. The van der Waals surface area contributed by atoms with Gasteiger partial charge in [-0.05, 0) is 36.4 Å². The highest BCUT2D eigenvalue weighted by Gasteiger charge is 2.06. The second kappa shape index (κ2) is 4.98. The molecule has 20 heavy (non-hydrogen) atoms. The molecule has 0 amide bonds. The van der Waals surface area contributed by atoms with Gasteiger partial charge in [0.2, 0.25) is 0 Å². The van der Waals surface area contributed by atoms with Gasteiger partial charge in [-0.1, -0.05) is 6.07 Å². The first-order valence-electron chi connectivity index (χ1n) is 5.98. The molecule has 3 nitrogen and oxygen atoms in total. The van der Waals surface area contributed by atoms with Crippen molar-refractivity contribution in [3.63, 3.8) is 0 Å². The Labute approximate surface area is 114 Å². The molecular weight excluding hydrogens is 255 g/mol. The molecule has 0 bridgehead atoms. The highest BCUT2D eigenvalue weighted by Crippen LogP contribution is 2.29. The van der Waals surface area contributed by atoms with Gasteiger partial charge < -0.3 is 4.74 Å². The van der Waals surface area contributed by atoms with E-state index in [1.807, 2.05) is 30.3 Å². The Morgan fingerprint density at radius 2 is 2.00 bits per heavy atom. The number of halogens is 1. The summed E-state index contributed by atoms with van der Waals surface area (Å²) < 4.78 is 19.1. The van der Waals surface area contributed by atoms with Crippen molar-refractivity contribution in [2.24, 2.45) is 0 Å². The molecule has 0 saturated heterocycles. The van der Waals surface area contributed by atoms with Crippen molar-refractivity contribution in [2.45, 2.75) is 0 Å². The first-order chi connectivity index (χ1) is 9.76. The summed E-state index contributed by atoms with van der Waals surface area (Å²) >= 11 is 0. The third kappa shape index (κ3) is 2.29. The minimum atomic E-state index is -0.502. The summed E-state index contributed by atoms with van der Waals surface area (Å²) in [5, 5.41) is 9.67. The Morgan fingerprint density at radius 3 is 2.85 bits per heavy atom. The highest BCUT2D eigenvalue weighted by atomic mass is 19.1. The molecule has 0 fully saturated rings. The number of nitriles is 1. The topological polar surface area (TPSA) is 45.9 Å². The van der Waals surface area contributed by atoms with E-state index in [9.17, 15) is 4.39 Å². The van der Waals surface area contributed by atoms with Crippen molar-refractivity contribution in [1.82, 2.24) is 4.98 Å².